The molecule has 3 rings (SSSR count). The number of likely N-dealkylation sites (tertiary alicyclic amines) is 1. The minimum Gasteiger partial charge on any atom is -0.378 e. The maximum Gasteiger partial charge on any atom is 0.416 e. The summed E-state index contributed by atoms with van der Waals surface area (Å²) in [5, 5.41) is 16.3. The van der Waals surface area contributed by atoms with E-state index in [2.05, 4.69) is 10.6 Å². The average molecular weight is 421 g/mol. The second-order valence-corrected chi connectivity index (χ2v) is 7.75. The van der Waals surface area contributed by atoms with Gasteiger partial charge in [0.15, 0.2) is 0 Å². The Labute approximate surface area is 173 Å². The first-order valence-electron chi connectivity index (χ1n) is 9.86. The van der Waals surface area contributed by atoms with Gasteiger partial charge < -0.3 is 15.3 Å². The third-order valence-corrected chi connectivity index (χ3v) is 5.61. The summed E-state index contributed by atoms with van der Waals surface area (Å²) in [4.78, 5) is 14.4. The van der Waals surface area contributed by atoms with Crippen molar-refractivity contribution < 1.29 is 23.1 Å². The Morgan fingerprint density at radius 3 is 2.43 bits per heavy atom. The Balaban J connectivity index is 1.73. The second kappa shape index (κ2) is 9.06. The Morgan fingerprint density at radius 1 is 1.17 bits per heavy atom. The molecule has 2 atom stereocenters. The van der Waals surface area contributed by atoms with Gasteiger partial charge in [-0.1, -0.05) is 30.3 Å². The first kappa shape index (κ1) is 22.1. The van der Waals surface area contributed by atoms with Crippen LogP contribution in [0.3, 0.4) is 0 Å². The summed E-state index contributed by atoms with van der Waals surface area (Å²) in [5.41, 5.74) is 0.0296. The van der Waals surface area contributed by atoms with E-state index in [0.717, 1.165) is 24.1 Å². The fraction of sp³-hybridized carbons (Fsp3) is 0.409. The molecule has 0 spiro atoms. The number of nitrogens with zero attached hydrogens (tertiary/aromatic N) is 1. The van der Waals surface area contributed by atoms with Gasteiger partial charge in [-0.2, -0.15) is 13.2 Å². The molecule has 0 aliphatic carbocycles. The van der Waals surface area contributed by atoms with Gasteiger partial charge in [-0.15, -0.1) is 0 Å². The van der Waals surface area contributed by atoms with Crippen LogP contribution in [-0.4, -0.2) is 42.4 Å². The molecular weight excluding hydrogens is 395 g/mol. The molecule has 1 fully saturated rings. The van der Waals surface area contributed by atoms with Crippen molar-refractivity contribution in [3.05, 3.63) is 65.7 Å². The predicted molar refractivity (Wildman–Crippen MR) is 109 cm³/mol. The molecule has 162 valence electrons. The lowest BCUT2D eigenvalue weighted by Gasteiger charge is -2.45. The molecule has 0 aromatic heterocycles. The highest BCUT2D eigenvalue weighted by Gasteiger charge is 2.42. The molecule has 2 aromatic rings. The number of hydrogen-bond acceptors (Lipinski definition) is 3. The van der Waals surface area contributed by atoms with Crippen LogP contribution in [0.5, 0.6) is 0 Å². The van der Waals surface area contributed by atoms with Gasteiger partial charge >= 0.3 is 12.2 Å². The largest absolute Gasteiger partial charge is 0.416 e. The molecule has 1 aliphatic rings. The van der Waals surface area contributed by atoms with Crippen molar-refractivity contribution in [2.75, 3.05) is 25.5 Å². The van der Waals surface area contributed by atoms with E-state index < -0.39 is 29.4 Å². The number of benzene rings is 2. The molecule has 5 nitrogen and oxygen atoms in total. The number of halogens is 3. The fourth-order valence-electron chi connectivity index (χ4n) is 4.05. The van der Waals surface area contributed by atoms with Crippen molar-refractivity contribution in [3.63, 3.8) is 0 Å². The Kier molecular flexibility index (Phi) is 6.67. The number of carbonyl (C=O) groups is 1. The summed E-state index contributed by atoms with van der Waals surface area (Å²) in [6, 6.07) is 13.8. The maximum atomic E-state index is 12.8. The van der Waals surface area contributed by atoms with Crippen LogP contribution in [0.25, 0.3) is 0 Å². The maximum absolute atomic E-state index is 12.8. The zero-order chi connectivity index (χ0) is 21.8. The number of anilines is 1. The summed E-state index contributed by atoms with van der Waals surface area (Å²) in [6.45, 7) is 0.843. The van der Waals surface area contributed by atoms with E-state index in [1.165, 1.54) is 12.1 Å². The highest BCUT2D eigenvalue weighted by molar-refractivity contribution is 5.89. The van der Waals surface area contributed by atoms with Crippen LogP contribution < -0.4 is 10.6 Å². The van der Waals surface area contributed by atoms with E-state index in [0.29, 0.717) is 31.6 Å². The van der Waals surface area contributed by atoms with Crippen molar-refractivity contribution in [2.24, 2.45) is 5.41 Å². The SMILES string of the molecule is CNC(O)C1(Cc2ccccc2)CCCN(C(=O)Nc2ccc(C(F)(F)F)cc2)C1. The van der Waals surface area contributed by atoms with Gasteiger partial charge in [0, 0.05) is 24.2 Å². The van der Waals surface area contributed by atoms with Crippen molar-refractivity contribution >= 4 is 11.7 Å². The first-order chi connectivity index (χ1) is 14.2. The molecule has 0 radical (unpaired) electrons. The Morgan fingerprint density at radius 2 is 1.83 bits per heavy atom. The molecule has 2 amide bonds. The van der Waals surface area contributed by atoms with Crippen molar-refractivity contribution in [1.82, 2.24) is 10.2 Å². The number of amides is 2. The minimum absolute atomic E-state index is 0.293. The number of alkyl halides is 3. The first-order valence-corrected chi connectivity index (χ1v) is 9.86. The highest BCUT2D eigenvalue weighted by Crippen LogP contribution is 2.37. The van der Waals surface area contributed by atoms with Crippen molar-refractivity contribution in [3.8, 4) is 0 Å². The molecule has 3 N–H and O–H groups in total. The molecule has 1 aliphatic heterocycles. The smallest absolute Gasteiger partial charge is 0.378 e. The number of urea groups is 1. The monoisotopic (exact) mass is 421 g/mol. The normalized spacial score (nSPS) is 20.6. The molecular formula is C22H26F3N3O2. The number of hydrogen-bond donors (Lipinski definition) is 3. The van der Waals surface area contributed by atoms with E-state index >= 15 is 0 Å². The van der Waals surface area contributed by atoms with Gasteiger partial charge in [0.25, 0.3) is 0 Å². The van der Waals surface area contributed by atoms with Gasteiger partial charge in [0.05, 0.1) is 5.56 Å². The van der Waals surface area contributed by atoms with Gasteiger partial charge in [-0.3, -0.25) is 5.32 Å². The van der Waals surface area contributed by atoms with Crippen LogP contribution in [0.2, 0.25) is 0 Å². The van der Waals surface area contributed by atoms with Crippen molar-refractivity contribution in [1.29, 1.82) is 0 Å². The number of nitrogens with one attached hydrogen (secondary N) is 2. The summed E-state index contributed by atoms with van der Waals surface area (Å²) in [6.07, 6.45) is -3.17. The third-order valence-electron chi connectivity index (χ3n) is 5.61. The van der Waals surface area contributed by atoms with E-state index in [4.69, 9.17) is 0 Å². The van der Waals surface area contributed by atoms with Crippen LogP contribution in [-0.2, 0) is 12.6 Å². The van der Waals surface area contributed by atoms with E-state index in [1.54, 1.807) is 11.9 Å². The summed E-state index contributed by atoms with van der Waals surface area (Å²) >= 11 is 0. The van der Waals surface area contributed by atoms with Gasteiger partial charge in [0.1, 0.15) is 6.23 Å². The van der Waals surface area contributed by atoms with Crippen LogP contribution in [0.15, 0.2) is 54.6 Å². The minimum atomic E-state index is -4.42. The topological polar surface area (TPSA) is 64.6 Å². The summed E-state index contributed by atoms with van der Waals surface area (Å²) in [7, 11) is 1.68. The van der Waals surface area contributed by atoms with E-state index in [9.17, 15) is 23.1 Å². The Bertz CT molecular complexity index is 843. The van der Waals surface area contributed by atoms with Gasteiger partial charge in [-0.05, 0) is 56.1 Å². The van der Waals surface area contributed by atoms with Gasteiger partial charge in [0.2, 0.25) is 0 Å². The average Bonchev–Trinajstić information content (AvgIpc) is 2.73. The number of aliphatic hydroxyl groups excluding tert-OH is 1. The van der Waals surface area contributed by atoms with E-state index in [-0.39, 0.29) is 0 Å². The zero-order valence-corrected chi connectivity index (χ0v) is 16.7. The lowest BCUT2D eigenvalue weighted by Crippen LogP contribution is -2.56. The fourth-order valence-corrected chi connectivity index (χ4v) is 4.05. The summed E-state index contributed by atoms with van der Waals surface area (Å²) < 4.78 is 38.2. The number of rotatable bonds is 5. The molecule has 1 heterocycles. The molecule has 2 aromatic carbocycles. The van der Waals surface area contributed by atoms with E-state index in [1.807, 2.05) is 30.3 Å². The molecule has 2 unspecified atom stereocenters. The number of aliphatic hydroxyl groups is 1. The van der Waals surface area contributed by atoms with Crippen LogP contribution in [0, 0.1) is 5.41 Å². The lowest BCUT2D eigenvalue weighted by atomic mass is 9.73. The second-order valence-electron chi connectivity index (χ2n) is 7.75. The Hall–Kier alpha value is -2.58. The quantitative estimate of drug-likeness (QED) is 0.637. The molecule has 1 saturated heterocycles. The third kappa shape index (κ3) is 5.12. The number of piperidine rings is 1. The summed E-state index contributed by atoms with van der Waals surface area (Å²) in [5.74, 6) is 0. The van der Waals surface area contributed by atoms with Crippen molar-refractivity contribution in [2.45, 2.75) is 31.7 Å². The highest BCUT2D eigenvalue weighted by atomic mass is 19.4. The zero-order valence-electron chi connectivity index (χ0n) is 16.7. The number of carbonyl (C=O) groups excluding carboxylic acids is 1. The van der Waals surface area contributed by atoms with Gasteiger partial charge in [-0.25, -0.2) is 4.79 Å². The standard InChI is InChI=1S/C22H26F3N3O2/c1-26-19(29)21(14-16-6-3-2-4-7-16)12-5-13-28(15-21)20(30)27-18-10-8-17(9-11-18)22(23,24)25/h2-4,6-11,19,26,29H,5,12-15H2,1H3,(H,27,30). The molecule has 0 saturated carbocycles. The van der Waals surface area contributed by atoms with Crippen LogP contribution in [0.4, 0.5) is 23.7 Å². The van der Waals surface area contributed by atoms with Crippen LogP contribution in [0.1, 0.15) is 24.0 Å². The molecule has 8 heteroatoms. The molecule has 30 heavy (non-hydrogen) atoms. The van der Waals surface area contributed by atoms with Crippen LogP contribution >= 0.6 is 0 Å². The molecule has 0 bridgehead atoms. The lowest BCUT2D eigenvalue weighted by molar-refractivity contribution is -0.137. The predicted octanol–water partition coefficient (Wildman–Crippen LogP) is 4.10.